The number of amides is 1. The van der Waals surface area contributed by atoms with Crippen molar-refractivity contribution in [3.63, 3.8) is 0 Å². The summed E-state index contributed by atoms with van der Waals surface area (Å²) in [6.45, 7) is 8.79. The second kappa shape index (κ2) is 13.5. The Morgan fingerprint density at radius 3 is 2.41 bits per heavy atom. The normalized spacial score (nSPS) is 18.6. The first kappa shape index (κ1) is 30.8. The van der Waals surface area contributed by atoms with E-state index in [1.807, 2.05) is 43.5 Å². The maximum absolute atomic E-state index is 13.4. The molecule has 2 aliphatic rings. The van der Waals surface area contributed by atoms with Crippen LogP contribution in [0.15, 0.2) is 66.9 Å². The van der Waals surface area contributed by atoms with Crippen molar-refractivity contribution in [2.45, 2.75) is 64.7 Å². The lowest BCUT2D eigenvalue weighted by atomic mass is 10.1. The van der Waals surface area contributed by atoms with Crippen LogP contribution in [0.5, 0.6) is 0 Å². The summed E-state index contributed by atoms with van der Waals surface area (Å²) in [6, 6.07) is 20.3. The molecule has 3 aromatic carbocycles. The van der Waals surface area contributed by atoms with Gasteiger partial charge in [-0.15, -0.1) is 0 Å². The molecule has 2 fully saturated rings. The third kappa shape index (κ3) is 6.59. The number of aryl methyl sites for hydroxylation is 3. The second-order valence-electron chi connectivity index (χ2n) is 12.3. The van der Waals surface area contributed by atoms with E-state index < -0.39 is 0 Å². The summed E-state index contributed by atoms with van der Waals surface area (Å²) >= 11 is 12.2. The molecule has 4 aromatic rings. The number of likely N-dealkylation sites (tertiary alicyclic amines) is 1. The highest BCUT2D eigenvalue weighted by Crippen LogP contribution is 2.31. The summed E-state index contributed by atoms with van der Waals surface area (Å²) < 4.78 is 2.29. The predicted octanol–water partition coefficient (Wildman–Crippen LogP) is 7.17. The molecule has 3 heterocycles. The molecule has 6 nitrogen and oxygen atoms in total. The SMILES string of the molecule is CCc1cccc2c(C(=O)NCc3ccc(Cl)c(C)c3)cn(CCCN3C4CCC3CN(CC(=O)c3ccc(Cl)cc3)C4)c12. The molecule has 1 aromatic heterocycles. The number of piperazine rings is 1. The monoisotopic (exact) mass is 630 g/mol. The maximum Gasteiger partial charge on any atom is 0.253 e. The van der Waals surface area contributed by atoms with Gasteiger partial charge >= 0.3 is 0 Å². The number of carbonyl (C=O) groups excluding carboxylic acids is 2. The summed E-state index contributed by atoms with van der Waals surface area (Å²) in [5, 5.41) is 5.51. The van der Waals surface area contributed by atoms with E-state index in [2.05, 4.69) is 44.8 Å². The minimum absolute atomic E-state index is 0.0584. The molecule has 230 valence electrons. The van der Waals surface area contributed by atoms with Crippen LogP contribution in [0.1, 0.15) is 63.6 Å². The number of hydrogen-bond donors (Lipinski definition) is 1. The van der Waals surface area contributed by atoms with E-state index in [-0.39, 0.29) is 11.7 Å². The molecule has 2 atom stereocenters. The largest absolute Gasteiger partial charge is 0.348 e. The number of hydrogen-bond acceptors (Lipinski definition) is 4. The van der Waals surface area contributed by atoms with Crippen LogP contribution in [0, 0.1) is 6.92 Å². The van der Waals surface area contributed by atoms with Crippen LogP contribution in [0.4, 0.5) is 0 Å². The van der Waals surface area contributed by atoms with Gasteiger partial charge in [-0.3, -0.25) is 19.4 Å². The van der Waals surface area contributed by atoms with Gasteiger partial charge in [0.2, 0.25) is 0 Å². The van der Waals surface area contributed by atoms with E-state index in [0.717, 1.165) is 77.2 Å². The number of nitrogens with one attached hydrogen (secondary N) is 1. The summed E-state index contributed by atoms with van der Waals surface area (Å²) in [5.74, 6) is 0.0979. The van der Waals surface area contributed by atoms with Crippen LogP contribution in [0.2, 0.25) is 10.0 Å². The number of rotatable bonds is 11. The average Bonchev–Trinajstić information content (AvgIpc) is 3.51. The molecular formula is C36H40Cl2N4O2. The highest BCUT2D eigenvalue weighted by Gasteiger charge is 2.39. The highest BCUT2D eigenvalue weighted by molar-refractivity contribution is 6.31. The highest BCUT2D eigenvalue weighted by atomic mass is 35.5. The van der Waals surface area contributed by atoms with Crippen molar-refractivity contribution >= 4 is 45.8 Å². The summed E-state index contributed by atoms with van der Waals surface area (Å²) in [5.41, 5.74) is 5.90. The molecule has 44 heavy (non-hydrogen) atoms. The van der Waals surface area contributed by atoms with Gasteiger partial charge in [-0.2, -0.15) is 0 Å². The zero-order valence-electron chi connectivity index (χ0n) is 25.5. The lowest BCUT2D eigenvalue weighted by molar-refractivity contribution is 0.0588. The minimum Gasteiger partial charge on any atom is -0.348 e. The Morgan fingerprint density at radius 1 is 0.955 bits per heavy atom. The molecule has 1 N–H and O–H groups in total. The Kier molecular flexibility index (Phi) is 9.43. The Labute approximate surface area is 269 Å². The summed E-state index contributed by atoms with van der Waals surface area (Å²) in [6.07, 6.45) is 6.32. The molecule has 2 unspecified atom stereocenters. The first-order chi connectivity index (χ1) is 21.3. The second-order valence-corrected chi connectivity index (χ2v) is 13.1. The fourth-order valence-electron chi connectivity index (χ4n) is 7.10. The van der Waals surface area contributed by atoms with Crippen LogP contribution in [-0.4, -0.2) is 64.3 Å². The van der Waals surface area contributed by atoms with E-state index in [4.69, 9.17) is 23.2 Å². The van der Waals surface area contributed by atoms with Crippen molar-refractivity contribution in [2.75, 3.05) is 26.2 Å². The number of Topliss-reactive ketones (excluding diaryl/α,β-unsaturated/α-hetero) is 1. The minimum atomic E-state index is -0.0584. The zero-order valence-corrected chi connectivity index (χ0v) is 27.0. The van der Waals surface area contributed by atoms with Crippen LogP contribution in [-0.2, 0) is 19.5 Å². The lowest BCUT2D eigenvalue weighted by Crippen LogP contribution is -2.54. The smallest absolute Gasteiger partial charge is 0.253 e. The molecule has 8 heteroatoms. The van der Waals surface area contributed by atoms with Gasteiger partial charge in [-0.25, -0.2) is 0 Å². The van der Waals surface area contributed by atoms with Crippen molar-refractivity contribution in [2.24, 2.45) is 0 Å². The van der Waals surface area contributed by atoms with Gasteiger partial charge < -0.3 is 9.88 Å². The topological polar surface area (TPSA) is 57.6 Å². The average molecular weight is 632 g/mol. The Hall–Kier alpha value is -3.16. The number of fused-ring (bicyclic) bond motifs is 3. The van der Waals surface area contributed by atoms with Gasteiger partial charge in [0.1, 0.15) is 0 Å². The van der Waals surface area contributed by atoms with Gasteiger partial charge in [0.05, 0.1) is 17.6 Å². The first-order valence-corrected chi connectivity index (χ1v) is 16.5. The molecule has 0 saturated carbocycles. The number of para-hydroxylation sites is 1. The van der Waals surface area contributed by atoms with Crippen LogP contribution >= 0.6 is 23.2 Å². The summed E-state index contributed by atoms with van der Waals surface area (Å²) in [4.78, 5) is 31.3. The molecule has 1 amide bonds. The third-order valence-electron chi connectivity index (χ3n) is 9.34. The number of aromatic nitrogens is 1. The van der Waals surface area contributed by atoms with Crippen molar-refractivity contribution in [3.05, 3.63) is 105 Å². The predicted molar refractivity (Wildman–Crippen MR) is 179 cm³/mol. The van der Waals surface area contributed by atoms with Crippen molar-refractivity contribution < 1.29 is 9.59 Å². The first-order valence-electron chi connectivity index (χ1n) is 15.7. The van der Waals surface area contributed by atoms with Crippen LogP contribution < -0.4 is 5.32 Å². The molecular weight excluding hydrogens is 591 g/mol. The fraction of sp³-hybridized carbons (Fsp3) is 0.389. The number of carbonyl (C=O) groups is 2. The van der Waals surface area contributed by atoms with Gasteiger partial charge in [0.25, 0.3) is 5.91 Å². The van der Waals surface area contributed by atoms with Gasteiger partial charge in [-0.05, 0) is 79.6 Å². The zero-order chi connectivity index (χ0) is 30.8. The Morgan fingerprint density at radius 2 is 1.70 bits per heavy atom. The molecule has 0 aliphatic carbocycles. The van der Waals surface area contributed by atoms with E-state index in [1.54, 1.807) is 12.1 Å². The van der Waals surface area contributed by atoms with E-state index in [1.165, 1.54) is 18.4 Å². The molecule has 2 saturated heterocycles. The molecule has 0 radical (unpaired) electrons. The van der Waals surface area contributed by atoms with Gasteiger partial charge in [0, 0.05) is 72.0 Å². The van der Waals surface area contributed by atoms with Crippen molar-refractivity contribution in [1.82, 2.24) is 19.7 Å². The van der Waals surface area contributed by atoms with Crippen LogP contribution in [0.25, 0.3) is 10.9 Å². The number of halogens is 2. The van der Waals surface area contributed by atoms with Crippen molar-refractivity contribution in [3.8, 4) is 0 Å². The van der Waals surface area contributed by atoms with E-state index in [0.29, 0.717) is 30.2 Å². The third-order valence-corrected chi connectivity index (χ3v) is 10.0. The lowest BCUT2D eigenvalue weighted by Gasteiger charge is -2.41. The number of benzene rings is 3. The summed E-state index contributed by atoms with van der Waals surface area (Å²) in [7, 11) is 0. The van der Waals surface area contributed by atoms with Crippen molar-refractivity contribution in [1.29, 1.82) is 0 Å². The Bertz CT molecular complexity index is 1650. The Balaban J connectivity index is 1.09. The quantitative estimate of drug-likeness (QED) is 0.179. The van der Waals surface area contributed by atoms with Gasteiger partial charge in [0.15, 0.2) is 5.78 Å². The van der Waals surface area contributed by atoms with E-state index >= 15 is 0 Å². The fourth-order valence-corrected chi connectivity index (χ4v) is 7.34. The molecule has 2 aliphatic heterocycles. The van der Waals surface area contributed by atoms with Gasteiger partial charge in [-0.1, -0.05) is 60.5 Å². The maximum atomic E-state index is 13.4. The van der Waals surface area contributed by atoms with Crippen LogP contribution in [0.3, 0.4) is 0 Å². The standard InChI is InChI=1S/C36H40Cl2N4O2/c1-3-26-6-4-7-31-32(36(44)39-19-25-8-15-33(38)24(2)18-25)22-41(35(26)31)16-5-17-42-29-13-14-30(42)21-40(20-29)23-34(43)27-9-11-28(37)12-10-27/h4,6-12,15,18,22,29-30H,3,5,13-14,16-17,19-21,23H2,1-2H3,(H,39,44). The van der Waals surface area contributed by atoms with E-state index in [9.17, 15) is 9.59 Å². The molecule has 6 rings (SSSR count). The molecule has 0 spiro atoms. The number of ketones is 1. The number of nitrogens with zero attached hydrogens (tertiary/aromatic N) is 3. The molecule has 2 bridgehead atoms.